The highest BCUT2D eigenvalue weighted by molar-refractivity contribution is 5.79. The molecule has 1 rings (SSSR count). The zero-order chi connectivity index (χ0) is 11.1. The number of carbonyl (C=O) groups excluding carboxylic acids is 1. The van der Waals surface area contributed by atoms with Crippen molar-refractivity contribution in [1.82, 2.24) is 4.90 Å². The molecule has 0 heterocycles. The van der Waals surface area contributed by atoms with Gasteiger partial charge >= 0.3 is 0 Å². The highest BCUT2D eigenvalue weighted by atomic mass is 16.3. The highest BCUT2D eigenvalue weighted by Gasteiger charge is 2.22. The minimum Gasteiger partial charge on any atom is -0.396 e. The van der Waals surface area contributed by atoms with E-state index in [4.69, 9.17) is 5.11 Å². The standard InChI is InChI=1S/C12H21NO2/c1-2-13(9-6-10-14)12(15)11-7-4-3-5-8-11/h3-4,11,14H,2,5-10H2,1H3. The smallest absolute Gasteiger partial charge is 0.225 e. The quantitative estimate of drug-likeness (QED) is 0.701. The van der Waals surface area contributed by atoms with Gasteiger partial charge in [0.05, 0.1) is 0 Å². The van der Waals surface area contributed by atoms with Gasteiger partial charge in [-0.2, -0.15) is 0 Å². The van der Waals surface area contributed by atoms with Crippen LogP contribution in [-0.2, 0) is 4.79 Å². The maximum absolute atomic E-state index is 12.0. The van der Waals surface area contributed by atoms with Crippen molar-refractivity contribution in [3.05, 3.63) is 12.2 Å². The van der Waals surface area contributed by atoms with Crippen molar-refractivity contribution in [2.24, 2.45) is 5.92 Å². The van der Waals surface area contributed by atoms with E-state index in [1.54, 1.807) is 0 Å². The molecule has 15 heavy (non-hydrogen) atoms. The van der Waals surface area contributed by atoms with Crippen molar-refractivity contribution in [2.75, 3.05) is 19.7 Å². The Labute approximate surface area is 91.8 Å². The molecule has 1 aliphatic rings. The number of allylic oxidation sites excluding steroid dienone is 2. The second-order valence-electron chi connectivity index (χ2n) is 3.98. The molecule has 1 amide bonds. The summed E-state index contributed by atoms with van der Waals surface area (Å²) in [5.74, 6) is 0.434. The molecule has 1 aliphatic carbocycles. The van der Waals surface area contributed by atoms with Crippen LogP contribution >= 0.6 is 0 Å². The van der Waals surface area contributed by atoms with Gasteiger partial charge in [0.15, 0.2) is 0 Å². The Morgan fingerprint density at radius 1 is 1.53 bits per heavy atom. The van der Waals surface area contributed by atoms with Gasteiger partial charge in [0.1, 0.15) is 0 Å². The molecule has 0 aromatic heterocycles. The number of nitrogens with zero attached hydrogens (tertiary/aromatic N) is 1. The predicted molar refractivity (Wildman–Crippen MR) is 60.4 cm³/mol. The number of aliphatic hydroxyl groups is 1. The van der Waals surface area contributed by atoms with E-state index >= 15 is 0 Å². The number of aliphatic hydroxyl groups excluding tert-OH is 1. The minimum absolute atomic E-state index is 0.161. The molecule has 3 nitrogen and oxygen atoms in total. The average Bonchev–Trinajstić information content (AvgIpc) is 2.31. The summed E-state index contributed by atoms with van der Waals surface area (Å²) in [6.07, 6.45) is 7.81. The summed E-state index contributed by atoms with van der Waals surface area (Å²) in [4.78, 5) is 13.9. The fourth-order valence-corrected chi connectivity index (χ4v) is 1.96. The van der Waals surface area contributed by atoms with Crippen molar-refractivity contribution >= 4 is 5.91 Å². The van der Waals surface area contributed by atoms with Crippen LogP contribution in [0.25, 0.3) is 0 Å². The van der Waals surface area contributed by atoms with Crippen LogP contribution in [0.5, 0.6) is 0 Å². The Morgan fingerprint density at radius 3 is 2.87 bits per heavy atom. The van der Waals surface area contributed by atoms with Crippen molar-refractivity contribution in [1.29, 1.82) is 0 Å². The fraction of sp³-hybridized carbons (Fsp3) is 0.750. The van der Waals surface area contributed by atoms with Gasteiger partial charge in [0.2, 0.25) is 5.91 Å². The van der Waals surface area contributed by atoms with Gasteiger partial charge in [-0.15, -0.1) is 0 Å². The van der Waals surface area contributed by atoms with Gasteiger partial charge in [-0.05, 0) is 32.6 Å². The summed E-state index contributed by atoms with van der Waals surface area (Å²) >= 11 is 0. The molecule has 0 aliphatic heterocycles. The molecule has 0 bridgehead atoms. The van der Waals surface area contributed by atoms with Gasteiger partial charge in [-0.1, -0.05) is 12.2 Å². The highest BCUT2D eigenvalue weighted by Crippen LogP contribution is 2.20. The molecule has 0 aromatic rings. The van der Waals surface area contributed by atoms with Crippen molar-refractivity contribution < 1.29 is 9.90 Å². The molecule has 1 atom stereocenters. The van der Waals surface area contributed by atoms with Crippen LogP contribution in [0.4, 0.5) is 0 Å². The van der Waals surface area contributed by atoms with E-state index in [-0.39, 0.29) is 18.4 Å². The number of amides is 1. The SMILES string of the molecule is CCN(CCCO)C(=O)C1CC=CCC1. The van der Waals surface area contributed by atoms with Gasteiger partial charge in [0.25, 0.3) is 0 Å². The third-order valence-electron chi connectivity index (χ3n) is 2.90. The molecule has 1 N–H and O–H groups in total. The summed E-state index contributed by atoms with van der Waals surface area (Å²) < 4.78 is 0. The molecule has 1 unspecified atom stereocenters. The Balaban J connectivity index is 2.44. The maximum atomic E-state index is 12.0. The normalized spacial score (nSPS) is 20.3. The zero-order valence-corrected chi connectivity index (χ0v) is 9.48. The summed E-state index contributed by atoms with van der Waals surface area (Å²) in [5, 5.41) is 8.75. The average molecular weight is 211 g/mol. The van der Waals surface area contributed by atoms with E-state index in [1.165, 1.54) is 0 Å². The van der Waals surface area contributed by atoms with E-state index in [1.807, 2.05) is 11.8 Å². The summed E-state index contributed by atoms with van der Waals surface area (Å²) in [7, 11) is 0. The Bertz CT molecular complexity index is 226. The van der Waals surface area contributed by atoms with E-state index in [0.717, 1.165) is 25.8 Å². The molecular weight excluding hydrogens is 190 g/mol. The third kappa shape index (κ3) is 3.67. The topological polar surface area (TPSA) is 40.5 Å². The third-order valence-corrected chi connectivity index (χ3v) is 2.90. The molecule has 0 saturated carbocycles. The van der Waals surface area contributed by atoms with Crippen LogP contribution in [-0.4, -0.2) is 35.6 Å². The van der Waals surface area contributed by atoms with E-state index in [9.17, 15) is 4.79 Å². The summed E-state index contributed by atoms with van der Waals surface area (Å²) in [6, 6.07) is 0. The first-order chi connectivity index (χ1) is 7.29. The van der Waals surface area contributed by atoms with Crippen LogP contribution < -0.4 is 0 Å². The number of hydrogen-bond acceptors (Lipinski definition) is 2. The summed E-state index contributed by atoms with van der Waals surface area (Å²) in [5.41, 5.74) is 0. The first kappa shape index (κ1) is 12.2. The van der Waals surface area contributed by atoms with Crippen LogP contribution in [0.2, 0.25) is 0 Å². The van der Waals surface area contributed by atoms with Crippen LogP contribution in [0, 0.1) is 5.92 Å². The lowest BCUT2D eigenvalue weighted by atomic mass is 9.93. The number of rotatable bonds is 5. The van der Waals surface area contributed by atoms with E-state index in [2.05, 4.69) is 12.2 Å². The molecule has 0 radical (unpaired) electrons. The van der Waals surface area contributed by atoms with Crippen molar-refractivity contribution in [2.45, 2.75) is 32.6 Å². The lowest BCUT2D eigenvalue weighted by Crippen LogP contribution is -2.37. The Kier molecular flexibility index (Phi) is 5.40. The lowest BCUT2D eigenvalue weighted by Gasteiger charge is -2.26. The van der Waals surface area contributed by atoms with Crippen molar-refractivity contribution in [3.8, 4) is 0 Å². The zero-order valence-electron chi connectivity index (χ0n) is 9.48. The summed E-state index contributed by atoms with van der Waals surface area (Å²) in [6.45, 7) is 3.59. The Morgan fingerprint density at radius 2 is 2.33 bits per heavy atom. The first-order valence-electron chi connectivity index (χ1n) is 5.84. The second-order valence-corrected chi connectivity index (χ2v) is 3.98. The Hall–Kier alpha value is -0.830. The van der Waals surface area contributed by atoms with Gasteiger partial charge in [-0.25, -0.2) is 0 Å². The monoisotopic (exact) mass is 211 g/mol. The molecule has 0 spiro atoms. The molecule has 86 valence electrons. The van der Waals surface area contributed by atoms with Gasteiger partial charge in [0, 0.05) is 25.6 Å². The van der Waals surface area contributed by atoms with Crippen LogP contribution in [0.3, 0.4) is 0 Å². The van der Waals surface area contributed by atoms with Crippen LogP contribution in [0.15, 0.2) is 12.2 Å². The predicted octanol–water partition coefficient (Wildman–Crippen LogP) is 1.57. The maximum Gasteiger partial charge on any atom is 0.225 e. The minimum atomic E-state index is 0.161. The first-order valence-corrected chi connectivity index (χ1v) is 5.84. The fourth-order valence-electron chi connectivity index (χ4n) is 1.96. The second kappa shape index (κ2) is 6.62. The number of hydrogen-bond donors (Lipinski definition) is 1. The molecule has 0 fully saturated rings. The van der Waals surface area contributed by atoms with Crippen molar-refractivity contribution in [3.63, 3.8) is 0 Å². The van der Waals surface area contributed by atoms with Gasteiger partial charge < -0.3 is 10.0 Å². The van der Waals surface area contributed by atoms with E-state index < -0.39 is 0 Å². The molecule has 0 aromatic carbocycles. The lowest BCUT2D eigenvalue weighted by molar-refractivity contribution is -0.135. The molecule has 0 saturated heterocycles. The molecule has 3 heteroatoms. The van der Waals surface area contributed by atoms with Crippen LogP contribution in [0.1, 0.15) is 32.6 Å². The number of carbonyl (C=O) groups is 1. The largest absolute Gasteiger partial charge is 0.396 e. The van der Waals surface area contributed by atoms with E-state index in [0.29, 0.717) is 13.0 Å². The van der Waals surface area contributed by atoms with Gasteiger partial charge in [-0.3, -0.25) is 4.79 Å². The molecular formula is C12H21NO2.